The molecule has 0 heterocycles. The number of rotatable bonds is 7. The summed E-state index contributed by atoms with van der Waals surface area (Å²) in [5, 5.41) is 3.73. The molecule has 0 bridgehead atoms. The Hall–Kier alpha value is -1.84. The van der Waals surface area contributed by atoms with E-state index in [4.69, 9.17) is 11.6 Å². The van der Waals surface area contributed by atoms with Gasteiger partial charge in [-0.15, -0.1) is 0 Å². The molecule has 122 valence electrons. The van der Waals surface area contributed by atoms with E-state index in [0.717, 1.165) is 17.9 Å². The summed E-state index contributed by atoms with van der Waals surface area (Å²) in [7, 11) is 4.14. The van der Waals surface area contributed by atoms with Crippen molar-refractivity contribution in [3.8, 4) is 0 Å². The molecular weight excluding hydrogens is 308 g/mol. The first-order valence-corrected chi connectivity index (χ1v) is 8.21. The van der Waals surface area contributed by atoms with Gasteiger partial charge in [0.1, 0.15) is 0 Å². The molecule has 4 heteroatoms. The van der Waals surface area contributed by atoms with Crippen molar-refractivity contribution in [3.05, 3.63) is 70.7 Å². The van der Waals surface area contributed by atoms with E-state index in [1.165, 1.54) is 5.56 Å². The van der Waals surface area contributed by atoms with Gasteiger partial charge in [-0.05, 0) is 56.8 Å². The van der Waals surface area contributed by atoms with Gasteiger partial charge in [0.25, 0.3) is 5.91 Å². The summed E-state index contributed by atoms with van der Waals surface area (Å²) >= 11 is 5.95. The van der Waals surface area contributed by atoms with Crippen molar-refractivity contribution >= 4 is 17.5 Å². The number of benzene rings is 2. The summed E-state index contributed by atoms with van der Waals surface area (Å²) in [6, 6.07) is 17.6. The molecule has 1 N–H and O–H groups in total. The van der Waals surface area contributed by atoms with Gasteiger partial charge in [0.05, 0.1) is 0 Å². The third-order valence-electron chi connectivity index (χ3n) is 3.85. The summed E-state index contributed by atoms with van der Waals surface area (Å²) in [6.07, 6.45) is 1.90. The summed E-state index contributed by atoms with van der Waals surface area (Å²) in [4.78, 5) is 14.2. The van der Waals surface area contributed by atoms with Crippen LogP contribution in [0.25, 0.3) is 0 Å². The van der Waals surface area contributed by atoms with Crippen LogP contribution in [-0.2, 0) is 0 Å². The molecule has 1 amide bonds. The van der Waals surface area contributed by atoms with Gasteiger partial charge < -0.3 is 10.2 Å². The number of carbonyl (C=O) groups is 1. The number of amides is 1. The van der Waals surface area contributed by atoms with Crippen LogP contribution in [0.15, 0.2) is 54.6 Å². The number of carbonyl (C=O) groups excluding carboxylic acids is 1. The van der Waals surface area contributed by atoms with Gasteiger partial charge >= 0.3 is 0 Å². The maximum atomic E-state index is 12.0. The van der Waals surface area contributed by atoms with E-state index in [-0.39, 0.29) is 5.91 Å². The van der Waals surface area contributed by atoms with Crippen molar-refractivity contribution in [1.29, 1.82) is 0 Å². The van der Waals surface area contributed by atoms with Gasteiger partial charge in [0.15, 0.2) is 0 Å². The topological polar surface area (TPSA) is 32.3 Å². The Morgan fingerprint density at radius 2 is 1.74 bits per heavy atom. The molecule has 0 saturated carbocycles. The van der Waals surface area contributed by atoms with E-state index < -0.39 is 0 Å². The maximum absolute atomic E-state index is 12.0. The zero-order valence-corrected chi connectivity index (χ0v) is 14.4. The molecular formula is C19H23ClN2O. The standard InChI is InChI=1S/C19H23ClN2O/c1-22(2)18(15-10-12-17(20)13-11-15)9-6-14-21-19(23)16-7-4-3-5-8-16/h3-5,7-8,10-13,18H,6,9,14H2,1-2H3,(H,21,23). The number of hydrogen-bond donors (Lipinski definition) is 1. The third kappa shape index (κ3) is 5.38. The minimum absolute atomic E-state index is 0.0153. The Morgan fingerprint density at radius 3 is 2.35 bits per heavy atom. The normalized spacial score (nSPS) is 12.2. The minimum Gasteiger partial charge on any atom is -0.352 e. The first kappa shape index (κ1) is 17.5. The summed E-state index contributed by atoms with van der Waals surface area (Å²) < 4.78 is 0. The van der Waals surface area contributed by atoms with Gasteiger partial charge in [-0.1, -0.05) is 41.9 Å². The average Bonchev–Trinajstić information content (AvgIpc) is 2.56. The van der Waals surface area contributed by atoms with Crippen molar-refractivity contribution < 1.29 is 4.79 Å². The Labute approximate surface area is 143 Å². The van der Waals surface area contributed by atoms with Crippen LogP contribution < -0.4 is 5.32 Å². The van der Waals surface area contributed by atoms with Gasteiger partial charge in [-0.25, -0.2) is 0 Å². The molecule has 0 saturated heterocycles. The molecule has 0 aliphatic rings. The summed E-state index contributed by atoms with van der Waals surface area (Å²) in [6.45, 7) is 0.672. The second-order valence-electron chi connectivity index (χ2n) is 5.80. The van der Waals surface area contributed by atoms with Crippen molar-refractivity contribution in [1.82, 2.24) is 10.2 Å². The average molecular weight is 331 g/mol. The van der Waals surface area contributed by atoms with Crippen molar-refractivity contribution in [2.24, 2.45) is 0 Å². The van der Waals surface area contributed by atoms with Crippen LogP contribution in [0.5, 0.6) is 0 Å². The molecule has 0 radical (unpaired) electrons. The smallest absolute Gasteiger partial charge is 0.251 e. The summed E-state index contributed by atoms with van der Waals surface area (Å²) in [5.74, 6) is -0.0153. The van der Waals surface area contributed by atoms with Crippen molar-refractivity contribution in [3.63, 3.8) is 0 Å². The zero-order chi connectivity index (χ0) is 16.7. The third-order valence-corrected chi connectivity index (χ3v) is 4.11. The molecule has 23 heavy (non-hydrogen) atoms. The molecule has 1 atom stereocenters. The fourth-order valence-corrected chi connectivity index (χ4v) is 2.72. The molecule has 2 aromatic carbocycles. The minimum atomic E-state index is -0.0153. The van der Waals surface area contributed by atoms with Crippen LogP contribution in [0.1, 0.15) is 34.8 Å². The van der Waals surface area contributed by atoms with E-state index in [2.05, 4.69) is 36.4 Å². The van der Waals surface area contributed by atoms with Crippen LogP contribution in [0.4, 0.5) is 0 Å². The highest BCUT2D eigenvalue weighted by molar-refractivity contribution is 6.30. The van der Waals surface area contributed by atoms with Crippen LogP contribution in [0.3, 0.4) is 0 Å². The lowest BCUT2D eigenvalue weighted by atomic mass is 10.0. The number of hydrogen-bond acceptors (Lipinski definition) is 2. The largest absolute Gasteiger partial charge is 0.352 e. The first-order chi connectivity index (χ1) is 11.1. The Bertz CT molecular complexity index is 611. The lowest BCUT2D eigenvalue weighted by molar-refractivity contribution is 0.0952. The van der Waals surface area contributed by atoms with Crippen molar-refractivity contribution in [2.75, 3.05) is 20.6 Å². The van der Waals surface area contributed by atoms with E-state index in [1.807, 2.05) is 42.5 Å². The monoisotopic (exact) mass is 330 g/mol. The Kier molecular flexibility index (Phi) is 6.63. The Morgan fingerprint density at radius 1 is 1.09 bits per heavy atom. The molecule has 1 unspecified atom stereocenters. The molecule has 3 nitrogen and oxygen atoms in total. The van der Waals surface area contributed by atoms with Gasteiger partial charge in [-0.3, -0.25) is 4.79 Å². The fourth-order valence-electron chi connectivity index (χ4n) is 2.60. The first-order valence-electron chi connectivity index (χ1n) is 7.83. The molecule has 2 rings (SSSR count). The summed E-state index contributed by atoms with van der Waals surface area (Å²) in [5.41, 5.74) is 1.95. The maximum Gasteiger partial charge on any atom is 0.251 e. The molecule has 0 fully saturated rings. The molecule has 0 aliphatic heterocycles. The van der Waals surface area contributed by atoms with Gasteiger partial charge in [0.2, 0.25) is 0 Å². The van der Waals surface area contributed by atoms with E-state index in [0.29, 0.717) is 18.2 Å². The Balaban J connectivity index is 1.83. The predicted molar refractivity (Wildman–Crippen MR) is 95.9 cm³/mol. The highest BCUT2D eigenvalue weighted by Crippen LogP contribution is 2.24. The van der Waals surface area contributed by atoms with Crippen LogP contribution in [0, 0.1) is 0 Å². The SMILES string of the molecule is CN(C)C(CCCNC(=O)c1ccccc1)c1ccc(Cl)cc1. The zero-order valence-electron chi connectivity index (χ0n) is 13.6. The number of nitrogens with one attached hydrogen (secondary N) is 1. The molecule has 2 aromatic rings. The second kappa shape index (κ2) is 8.70. The quantitative estimate of drug-likeness (QED) is 0.773. The lowest BCUT2D eigenvalue weighted by Gasteiger charge is -2.25. The number of nitrogens with zero attached hydrogens (tertiary/aromatic N) is 1. The number of halogens is 1. The van der Waals surface area contributed by atoms with E-state index in [9.17, 15) is 4.79 Å². The fraction of sp³-hybridized carbons (Fsp3) is 0.316. The second-order valence-corrected chi connectivity index (χ2v) is 6.23. The highest BCUT2D eigenvalue weighted by Gasteiger charge is 2.14. The van der Waals surface area contributed by atoms with Gasteiger partial charge in [0, 0.05) is 23.2 Å². The van der Waals surface area contributed by atoms with E-state index >= 15 is 0 Å². The van der Waals surface area contributed by atoms with Crippen molar-refractivity contribution in [2.45, 2.75) is 18.9 Å². The predicted octanol–water partition coefficient (Wildman–Crippen LogP) is 4.15. The van der Waals surface area contributed by atoms with Gasteiger partial charge in [-0.2, -0.15) is 0 Å². The molecule has 0 aliphatic carbocycles. The molecule has 0 aromatic heterocycles. The van der Waals surface area contributed by atoms with Crippen LogP contribution in [0.2, 0.25) is 5.02 Å². The highest BCUT2D eigenvalue weighted by atomic mass is 35.5. The van der Waals surface area contributed by atoms with E-state index in [1.54, 1.807) is 0 Å². The molecule has 0 spiro atoms. The van der Waals surface area contributed by atoms with Crippen LogP contribution >= 0.6 is 11.6 Å². The lowest BCUT2D eigenvalue weighted by Crippen LogP contribution is -2.26. The van der Waals surface area contributed by atoms with Crippen LogP contribution in [-0.4, -0.2) is 31.4 Å².